The Morgan fingerprint density at radius 3 is 2.68 bits per heavy atom. The molecular weight excluding hydrogens is 450 g/mol. The fourth-order valence-corrected chi connectivity index (χ4v) is 4.57. The van der Waals surface area contributed by atoms with Crippen LogP contribution in [0.4, 0.5) is 5.69 Å². The quantitative estimate of drug-likeness (QED) is 0.370. The summed E-state index contributed by atoms with van der Waals surface area (Å²) in [6.45, 7) is 0. The van der Waals surface area contributed by atoms with Gasteiger partial charge in [0.1, 0.15) is 23.3 Å². The number of anilines is 1. The number of ether oxygens (including phenoxy) is 1. The van der Waals surface area contributed by atoms with Crippen molar-refractivity contribution in [3.8, 4) is 17.1 Å². The van der Waals surface area contributed by atoms with Crippen molar-refractivity contribution >= 4 is 29.0 Å². The first-order chi connectivity index (χ1) is 16.6. The minimum Gasteiger partial charge on any atom is -0.497 e. The van der Waals surface area contributed by atoms with Crippen molar-refractivity contribution in [3.63, 3.8) is 0 Å². The predicted octanol–water partition coefficient (Wildman–Crippen LogP) is 5.23. The van der Waals surface area contributed by atoms with Crippen LogP contribution in [0.25, 0.3) is 11.3 Å². The van der Waals surface area contributed by atoms with Gasteiger partial charge in [-0.15, -0.1) is 0 Å². The molecule has 0 spiro atoms. The van der Waals surface area contributed by atoms with E-state index in [1.165, 1.54) is 0 Å². The van der Waals surface area contributed by atoms with Crippen LogP contribution in [0.2, 0.25) is 0 Å². The fraction of sp³-hybridized carbons (Fsp3) is 0.115. The average molecular weight is 472 g/mol. The number of carboxylic acids is 1. The molecule has 3 heterocycles. The van der Waals surface area contributed by atoms with Crippen molar-refractivity contribution in [1.29, 1.82) is 0 Å². The predicted molar refractivity (Wildman–Crippen MR) is 132 cm³/mol. The van der Waals surface area contributed by atoms with Crippen LogP contribution in [0.3, 0.4) is 0 Å². The maximum absolute atomic E-state index is 11.7. The van der Waals surface area contributed by atoms with E-state index in [0.717, 1.165) is 11.4 Å². The molecular formula is C26H21N3O4S. The van der Waals surface area contributed by atoms with Gasteiger partial charge in [-0.3, -0.25) is 4.98 Å². The summed E-state index contributed by atoms with van der Waals surface area (Å²) in [6, 6.07) is 23.1. The lowest BCUT2D eigenvalue weighted by Crippen LogP contribution is -2.29. The molecule has 8 heteroatoms. The fourth-order valence-electron chi connectivity index (χ4n) is 4.22. The third-order valence-electron chi connectivity index (χ3n) is 5.77. The number of hydrogen-bond donors (Lipinski definition) is 2. The summed E-state index contributed by atoms with van der Waals surface area (Å²) in [5.74, 6) is 0.787. The van der Waals surface area contributed by atoms with Gasteiger partial charge in [0.2, 0.25) is 0 Å². The Morgan fingerprint density at radius 1 is 1.09 bits per heavy atom. The Kier molecular flexibility index (Phi) is 5.73. The van der Waals surface area contributed by atoms with E-state index in [9.17, 15) is 9.90 Å². The first-order valence-corrected chi connectivity index (χ1v) is 11.0. The summed E-state index contributed by atoms with van der Waals surface area (Å²) in [5, 5.41) is 13.5. The van der Waals surface area contributed by atoms with E-state index in [4.69, 9.17) is 21.4 Å². The highest BCUT2D eigenvalue weighted by Gasteiger charge is 2.42. The van der Waals surface area contributed by atoms with Crippen LogP contribution in [0.5, 0.6) is 5.75 Å². The Morgan fingerprint density at radius 2 is 1.91 bits per heavy atom. The minimum atomic E-state index is -1.01. The number of carbonyl (C=O) groups is 1. The molecule has 2 atom stereocenters. The largest absolute Gasteiger partial charge is 0.497 e. The first-order valence-electron chi connectivity index (χ1n) is 10.6. The van der Waals surface area contributed by atoms with Crippen LogP contribution < -0.4 is 15.0 Å². The van der Waals surface area contributed by atoms with Crippen LogP contribution in [0, 0.1) is 0 Å². The van der Waals surface area contributed by atoms with Gasteiger partial charge in [-0.05, 0) is 54.7 Å². The van der Waals surface area contributed by atoms with Crippen molar-refractivity contribution < 1.29 is 19.1 Å². The molecule has 0 saturated carbocycles. The molecule has 1 fully saturated rings. The Bertz CT molecular complexity index is 1350. The first kappa shape index (κ1) is 21.7. The number of furan rings is 1. The number of hydrogen-bond acceptors (Lipinski definition) is 5. The van der Waals surface area contributed by atoms with E-state index in [-0.39, 0.29) is 17.6 Å². The van der Waals surface area contributed by atoms with Gasteiger partial charge in [-0.2, -0.15) is 0 Å². The van der Waals surface area contributed by atoms with Crippen LogP contribution >= 0.6 is 12.2 Å². The van der Waals surface area contributed by atoms with Crippen molar-refractivity contribution in [1.82, 2.24) is 10.3 Å². The minimum absolute atomic E-state index is 0.175. The highest BCUT2D eigenvalue weighted by molar-refractivity contribution is 7.80. The normalized spacial score (nSPS) is 17.4. The zero-order chi connectivity index (χ0) is 23.7. The standard InChI is InChI=1S/C26H21N3O4S/c1-32-17-8-6-7-16(15-17)29-24(23(28-26(29)34)20-11-4-5-14-27-20)22-13-12-21(33-22)18-9-2-3-10-19(18)25(30)31/h2-15,23-24H,1H3,(H,28,34)(H,30,31)/t23-,24-/m1/s1. The van der Waals surface area contributed by atoms with Crippen LogP contribution in [-0.2, 0) is 0 Å². The Hall–Kier alpha value is -4.17. The van der Waals surface area contributed by atoms with E-state index in [2.05, 4.69) is 10.3 Å². The molecule has 0 aliphatic carbocycles. The summed E-state index contributed by atoms with van der Waals surface area (Å²) < 4.78 is 11.7. The molecule has 0 unspecified atom stereocenters. The maximum Gasteiger partial charge on any atom is 0.336 e. The SMILES string of the molecule is COc1cccc(N2C(=S)N[C@H](c3ccccn3)[C@H]2c2ccc(-c3ccccc3C(=O)O)o2)c1. The second kappa shape index (κ2) is 8.99. The zero-order valence-corrected chi connectivity index (χ0v) is 19.0. The number of nitrogens with one attached hydrogen (secondary N) is 1. The molecule has 7 nitrogen and oxygen atoms in total. The summed E-state index contributed by atoms with van der Waals surface area (Å²) >= 11 is 5.74. The molecule has 2 aromatic heterocycles. The monoisotopic (exact) mass is 471 g/mol. The van der Waals surface area contributed by atoms with Crippen molar-refractivity contribution in [2.45, 2.75) is 12.1 Å². The molecule has 0 radical (unpaired) electrons. The molecule has 1 aliphatic rings. The average Bonchev–Trinajstić information content (AvgIpc) is 3.49. The van der Waals surface area contributed by atoms with Gasteiger partial charge in [0.15, 0.2) is 5.11 Å². The van der Waals surface area contributed by atoms with Crippen molar-refractivity contribution in [2.75, 3.05) is 12.0 Å². The van der Waals surface area contributed by atoms with Gasteiger partial charge in [-0.1, -0.05) is 30.3 Å². The summed E-state index contributed by atoms with van der Waals surface area (Å²) in [7, 11) is 1.62. The molecule has 2 N–H and O–H groups in total. The lowest BCUT2D eigenvalue weighted by molar-refractivity contribution is 0.0697. The summed E-state index contributed by atoms with van der Waals surface area (Å²) in [4.78, 5) is 18.3. The molecule has 2 aromatic carbocycles. The number of carboxylic acid groups (broad SMARTS) is 1. The van der Waals surface area contributed by atoms with E-state index in [1.807, 2.05) is 53.4 Å². The molecule has 0 bridgehead atoms. The number of benzene rings is 2. The Balaban J connectivity index is 1.62. The summed E-state index contributed by atoms with van der Waals surface area (Å²) in [5.41, 5.74) is 2.33. The number of aromatic nitrogens is 1. The van der Waals surface area contributed by atoms with E-state index in [1.54, 1.807) is 43.6 Å². The second-order valence-corrected chi connectivity index (χ2v) is 8.14. The number of pyridine rings is 1. The van der Waals surface area contributed by atoms with Crippen LogP contribution in [0.15, 0.2) is 89.5 Å². The lowest BCUT2D eigenvalue weighted by atomic mass is 10.0. The van der Waals surface area contributed by atoms with Crippen molar-refractivity contribution in [3.05, 3.63) is 102 Å². The number of rotatable bonds is 6. The number of aromatic carboxylic acids is 1. The molecule has 5 rings (SSSR count). The summed E-state index contributed by atoms with van der Waals surface area (Å²) in [6.07, 6.45) is 1.74. The smallest absolute Gasteiger partial charge is 0.336 e. The molecule has 4 aromatic rings. The maximum atomic E-state index is 11.7. The van der Waals surface area contributed by atoms with Crippen molar-refractivity contribution in [2.24, 2.45) is 0 Å². The molecule has 0 amide bonds. The zero-order valence-electron chi connectivity index (χ0n) is 18.2. The Labute approximate surface area is 201 Å². The number of thiocarbonyl (C=S) groups is 1. The van der Waals surface area contributed by atoms with E-state index in [0.29, 0.717) is 27.9 Å². The number of methoxy groups -OCH3 is 1. The van der Waals surface area contributed by atoms with Gasteiger partial charge >= 0.3 is 5.97 Å². The number of nitrogens with zero attached hydrogens (tertiary/aromatic N) is 2. The highest BCUT2D eigenvalue weighted by atomic mass is 32.1. The van der Waals surface area contributed by atoms with Gasteiger partial charge in [0.05, 0.1) is 24.4 Å². The van der Waals surface area contributed by atoms with Crippen LogP contribution in [-0.4, -0.2) is 28.3 Å². The molecule has 1 aliphatic heterocycles. The third-order valence-corrected chi connectivity index (χ3v) is 6.09. The topological polar surface area (TPSA) is 87.8 Å². The molecule has 1 saturated heterocycles. The molecule has 34 heavy (non-hydrogen) atoms. The third kappa shape index (κ3) is 3.88. The van der Waals surface area contributed by atoms with E-state index >= 15 is 0 Å². The molecule has 170 valence electrons. The van der Waals surface area contributed by atoms with Gasteiger partial charge < -0.3 is 24.5 Å². The van der Waals surface area contributed by atoms with Crippen LogP contribution in [0.1, 0.15) is 33.9 Å². The van der Waals surface area contributed by atoms with Gasteiger partial charge in [-0.25, -0.2) is 4.79 Å². The van der Waals surface area contributed by atoms with Gasteiger partial charge in [0.25, 0.3) is 0 Å². The van der Waals surface area contributed by atoms with Gasteiger partial charge in [0, 0.05) is 23.5 Å². The highest BCUT2D eigenvalue weighted by Crippen LogP contribution is 2.43. The van der Waals surface area contributed by atoms with E-state index < -0.39 is 5.97 Å². The lowest BCUT2D eigenvalue weighted by Gasteiger charge is -2.26. The second-order valence-electron chi connectivity index (χ2n) is 7.75.